The van der Waals surface area contributed by atoms with Crippen LogP contribution in [0.4, 0.5) is 0 Å². The molecule has 6 nitrogen and oxygen atoms in total. The van der Waals surface area contributed by atoms with Gasteiger partial charge in [0.05, 0.1) is 17.4 Å². The van der Waals surface area contributed by atoms with E-state index >= 15 is 0 Å². The Bertz CT molecular complexity index is 541. The molecule has 2 aliphatic rings. The lowest BCUT2D eigenvalue weighted by Crippen LogP contribution is -2.46. The van der Waals surface area contributed by atoms with Gasteiger partial charge in [-0.15, -0.1) is 0 Å². The van der Waals surface area contributed by atoms with E-state index in [9.17, 15) is 18.0 Å². The van der Waals surface area contributed by atoms with E-state index in [-0.39, 0.29) is 47.2 Å². The second-order valence-electron chi connectivity index (χ2n) is 6.73. The zero-order valence-electron chi connectivity index (χ0n) is 12.9. The van der Waals surface area contributed by atoms with E-state index in [1.165, 1.54) is 0 Å². The van der Waals surface area contributed by atoms with Crippen molar-refractivity contribution in [3.8, 4) is 0 Å². The lowest BCUT2D eigenvalue weighted by atomic mass is 9.99. The van der Waals surface area contributed by atoms with E-state index < -0.39 is 9.84 Å². The molecule has 0 radical (unpaired) electrons. The second kappa shape index (κ2) is 5.59. The molecule has 2 amide bonds. The van der Waals surface area contributed by atoms with Crippen LogP contribution in [0.2, 0.25) is 0 Å². The minimum atomic E-state index is -3.02. The van der Waals surface area contributed by atoms with Gasteiger partial charge in [-0.2, -0.15) is 0 Å². The molecule has 0 spiro atoms. The number of carbonyl (C=O) groups is 2. The van der Waals surface area contributed by atoms with Gasteiger partial charge in [0.2, 0.25) is 11.8 Å². The lowest BCUT2D eigenvalue weighted by molar-refractivity contribution is -0.130. The summed E-state index contributed by atoms with van der Waals surface area (Å²) < 4.78 is 23.1. The Labute approximate surface area is 126 Å². The molecule has 2 aliphatic heterocycles. The third kappa shape index (κ3) is 3.75. The molecular weight excluding hydrogens is 292 g/mol. The van der Waals surface area contributed by atoms with Gasteiger partial charge in [-0.25, -0.2) is 8.42 Å². The van der Waals surface area contributed by atoms with Crippen molar-refractivity contribution in [2.24, 2.45) is 5.92 Å². The van der Waals surface area contributed by atoms with Crippen LogP contribution in [0.25, 0.3) is 0 Å². The molecule has 2 heterocycles. The SMILES string of the molecule is CCC(C)(C)NC(=O)[C@@H]1CC(=O)N([C@H]2CCS(=O)(=O)C2)C1. The summed E-state index contributed by atoms with van der Waals surface area (Å²) in [6.07, 6.45) is 1.48. The first-order valence-corrected chi connectivity index (χ1v) is 9.27. The quantitative estimate of drug-likeness (QED) is 0.810. The molecule has 2 atom stereocenters. The van der Waals surface area contributed by atoms with Gasteiger partial charge < -0.3 is 10.2 Å². The number of nitrogens with one attached hydrogen (secondary N) is 1. The highest BCUT2D eigenvalue weighted by atomic mass is 32.2. The largest absolute Gasteiger partial charge is 0.351 e. The fourth-order valence-electron chi connectivity index (χ4n) is 2.81. The molecule has 0 saturated carbocycles. The molecule has 0 aromatic rings. The molecule has 0 unspecified atom stereocenters. The highest BCUT2D eigenvalue weighted by Gasteiger charge is 2.42. The van der Waals surface area contributed by atoms with Crippen LogP contribution in [0.3, 0.4) is 0 Å². The zero-order valence-corrected chi connectivity index (χ0v) is 13.7. The third-order valence-corrected chi connectivity index (χ3v) is 6.27. The topological polar surface area (TPSA) is 83.6 Å². The Balaban J connectivity index is 1.98. The predicted octanol–water partition coefficient (Wildman–Crippen LogP) is 0.327. The zero-order chi connectivity index (χ0) is 15.8. The number of amides is 2. The molecule has 7 heteroatoms. The number of carbonyl (C=O) groups excluding carboxylic acids is 2. The van der Waals surface area contributed by atoms with Gasteiger partial charge in [-0.05, 0) is 26.7 Å². The summed E-state index contributed by atoms with van der Waals surface area (Å²) in [5, 5.41) is 2.96. The Hall–Kier alpha value is -1.11. The number of hydrogen-bond donors (Lipinski definition) is 1. The van der Waals surface area contributed by atoms with Crippen molar-refractivity contribution in [3.63, 3.8) is 0 Å². The summed E-state index contributed by atoms with van der Waals surface area (Å²) in [5.74, 6) is -0.411. The van der Waals surface area contributed by atoms with Crippen molar-refractivity contribution in [1.29, 1.82) is 0 Å². The van der Waals surface area contributed by atoms with Crippen LogP contribution in [-0.4, -0.2) is 54.8 Å². The minimum Gasteiger partial charge on any atom is -0.351 e. The van der Waals surface area contributed by atoms with Gasteiger partial charge in [0, 0.05) is 24.5 Å². The average Bonchev–Trinajstić information content (AvgIpc) is 2.92. The van der Waals surface area contributed by atoms with Crippen LogP contribution in [0.15, 0.2) is 0 Å². The standard InChI is InChI=1S/C14H24N2O4S/c1-4-14(2,3)15-13(18)10-7-12(17)16(8-10)11-5-6-21(19,20)9-11/h10-11H,4-9H2,1-3H3,(H,15,18)/t10-,11+/m1/s1. The maximum absolute atomic E-state index is 12.2. The van der Waals surface area contributed by atoms with Crippen LogP contribution in [0, 0.1) is 5.92 Å². The van der Waals surface area contributed by atoms with E-state index in [1.807, 2.05) is 20.8 Å². The molecule has 2 rings (SSSR count). The number of rotatable bonds is 4. The van der Waals surface area contributed by atoms with Gasteiger partial charge in [0.25, 0.3) is 0 Å². The summed E-state index contributed by atoms with van der Waals surface area (Å²) in [6.45, 7) is 6.23. The Morgan fingerprint density at radius 2 is 2.10 bits per heavy atom. The first-order chi connectivity index (χ1) is 9.63. The summed E-state index contributed by atoms with van der Waals surface area (Å²) in [4.78, 5) is 25.9. The van der Waals surface area contributed by atoms with E-state index in [0.717, 1.165) is 6.42 Å². The van der Waals surface area contributed by atoms with Crippen LogP contribution in [-0.2, 0) is 19.4 Å². The Kier molecular flexibility index (Phi) is 4.33. The minimum absolute atomic E-state index is 0.0353. The first-order valence-electron chi connectivity index (χ1n) is 7.45. The molecule has 2 saturated heterocycles. The molecule has 0 aromatic heterocycles. The van der Waals surface area contributed by atoms with Gasteiger partial charge >= 0.3 is 0 Å². The fraction of sp³-hybridized carbons (Fsp3) is 0.857. The second-order valence-corrected chi connectivity index (χ2v) is 8.96. The predicted molar refractivity (Wildman–Crippen MR) is 79.4 cm³/mol. The van der Waals surface area contributed by atoms with E-state index in [1.54, 1.807) is 4.90 Å². The number of nitrogens with zero attached hydrogens (tertiary/aromatic N) is 1. The van der Waals surface area contributed by atoms with Crippen LogP contribution in [0.1, 0.15) is 40.0 Å². The summed E-state index contributed by atoms with van der Waals surface area (Å²) >= 11 is 0. The third-order valence-electron chi connectivity index (χ3n) is 4.52. The van der Waals surface area contributed by atoms with Crippen molar-refractivity contribution in [2.75, 3.05) is 18.1 Å². The molecule has 1 N–H and O–H groups in total. The lowest BCUT2D eigenvalue weighted by Gasteiger charge is -2.27. The summed E-state index contributed by atoms with van der Waals surface area (Å²) in [7, 11) is -3.02. The molecule has 2 fully saturated rings. The van der Waals surface area contributed by atoms with E-state index in [4.69, 9.17) is 0 Å². The monoisotopic (exact) mass is 316 g/mol. The van der Waals surface area contributed by atoms with Crippen LogP contribution < -0.4 is 5.32 Å². The number of likely N-dealkylation sites (tertiary alicyclic amines) is 1. The van der Waals surface area contributed by atoms with Crippen molar-refractivity contribution in [1.82, 2.24) is 10.2 Å². The maximum Gasteiger partial charge on any atom is 0.225 e. The Morgan fingerprint density at radius 1 is 1.43 bits per heavy atom. The molecule has 0 aliphatic carbocycles. The van der Waals surface area contributed by atoms with Gasteiger partial charge in [0.15, 0.2) is 9.84 Å². The normalized spacial score (nSPS) is 28.9. The maximum atomic E-state index is 12.2. The van der Waals surface area contributed by atoms with Gasteiger partial charge in [-0.3, -0.25) is 9.59 Å². The molecule has 120 valence electrons. The smallest absolute Gasteiger partial charge is 0.225 e. The van der Waals surface area contributed by atoms with Crippen molar-refractivity contribution < 1.29 is 18.0 Å². The molecule has 0 aromatic carbocycles. The molecule has 21 heavy (non-hydrogen) atoms. The highest BCUT2D eigenvalue weighted by molar-refractivity contribution is 7.91. The highest BCUT2D eigenvalue weighted by Crippen LogP contribution is 2.26. The molecular formula is C14H24N2O4S. The van der Waals surface area contributed by atoms with Crippen molar-refractivity contribution in [3.05, 3.63) is 0 Å². The van der Waals surface area contributed by atoms with Crippen LogP contribution in [0.5, 0.6) is 0 Å². The van der Waals surface area contributed by atoms with Crippen molar-refractivity contribution in [2.45, 2.75) is 51.6 Å². The molecule has 0 bridgehead atoms. The van der Waals surface area contributed by atoms with Crippen molar-refractivity contribution >= 4 is 21.7 Å². The van der Waals surface area contributed by atoms with Gasteiger partial charge in [0.1, 0.15) is 0 Å². The average molecular weight is 316 g/mol. The first kappa shape index (κ1) is 16.3. The van der Waals surface area contributed by atoms with Gasteiger partial charge in [-0.1, -0.05) is 6.92 Å². The summed E-state index contributed by atoms with van der Waals surface area (Å²) in [6, 6.07) is -0.250. The van der Waals surface area contributed by atoms with E-state index in [0.29, 0.717) is 13.0 Å². The fourth-order valence-corrected chi connectivity index (χ4v) is 4.54. The van der Waals surface area contributed by atoms with E-state index in [2.05, 4.69) is 5.32 Å². The summed E-state index contributed by atoms with van der Waals surface area (Å²) in [5.41, 5.74) is -0.287. The number of hydrogen-bond acceptors (Lipinski definition) is 4. The Morgan fingerprint density at radius 3 is 2.62 bits per heavy atom. The number of sulfone groups is 1. The van der Waals surface area contributed by atoms with Crippen LogP contribution >= 0.6 is 0 Å².